The van der Waals surface area contributed by atoms with Crippen LogP contribution in [0.1, 0.15) is 31.2 Å². The largest absolute Gasteiger partial charge is 0.416 e. The first kappa shape index (κ1) is 17.3. The number of unbranched alkanes of at least 4 members (excludes halogenated alkanes) is 2. The molecule has 1 aromatic rings. The highest BCUT2D eigenvalue weighted by atomic mass is 32.1. The molecule has 1 amide bonds. The number of aliphatic imine (C=N–C) groups is 1. The number of alkyl halides is 3. The quantitative estimate of drug-likeness (QED) is 0.463. The third-order valence-electron chi connectivity index (χ3n) is 2.73. The van der Waals surface area contributed by atoms with Gasteiger partial charge in [-0.25, -0.2) is 4.99 Å². The van der Waals surface area contributed by atoms with Gasteiger partial charge in [-0.2, -0.15) is 13.2 Å². The summed E-state index contributed by atoms with van der Waals surface area (Å²) in [5, 5.41) is 4.83. The summed E-state index contributed by atoms with van der Waals surface area (Å²) in [6, 6.07) is 4.38. The molecule has 7 heteroatoms. The number of nitrogens with zero attached hydrogens (tertiary/aromatic N) is 1. The molecule has 0 bridgehead atoms. The molecular weight excluding hydrogens is 301 g/mol. The SMILES string of the molecule is O=C(CCCCCN=C=S)Nc1ccc(C(F)(F)F)cc1. The number of amides is 1. The van der Waals surface area contributed by atoms with Gasteiger partial charge in [-0.15, -0.1) is 0 Å². The van der Waals surface area contributed by atoms with E-state index in [-0.39, 0.29) is 5.91 Å². The van der Waals surface area contributed by atoms with E-state index in [1.165, 1.54) is 12.1 Å². The minimum atomic E-state index is -4.37. The Kier molecular flexibility index (Phi) is 7.05. The standard InChI is InChI=1S/C14H15F3N2OS/c15-14(16,17)11-5-7-12(8-6-11)19-13(20)4-2-1-3-9-18-10-21/h5-8H,1-4,9H2,(H,19,20). The number of nitrogens with one attached hydrogen (secondary N) is 1. The number of hydrogen-bond donors (Lipinski definition) is 1. The number of isothiocyanates is 1. The van der Waals surface area contributed by atoms with Crippen molar-refractivity contribution in [2.24, 2.45) is 4.99 Å². The van der Waals surface area contributed by atoms with Crippen molar-refractivity contribution >= 4 is 29.0 Å². The number of halogens is 3. The van der Waals surface area contributed by atoms with Gasteiger partial charge in [0, 0.05) is 18.7 Å². The third kappa shape index (κ3) is 7.02. The lowest BCUT2D eigenvalue weighted by molar-refractivity contribution is -0.137. The van der Waals surface area contributed by atoms with Crippen molar-refractivity contribution in [1.29, 1.82) is 0 Å². The van der Waals surface area contributed by atoms with E-state index in [9.17, 15) is 18.0 Å². The Labute approximate surface area is 126 Å². The lowest BCUT2D eigenvalue weighted by Crippen LogP contribution is -2.11. The van der Waals surface area contributed by atoms with Crippen LogP contribution in [0.5, 0.6) is 0 Å². The van der Waals surface area contributed by atoms with E-state index >= 15 is 0 Å². The van der Waals surface area contributed by atoms with E-state index in [0.29, 0.717) is 25.1 Å². The van der Waals surface area contributed by atoms with Crippen molar-refractivity contribution in [3.05, 3.63) is 29.8 Å². The van der Waals surface area contributed by atoms with E-state index in [1.807, 2.05) is 0 Å². The number of carbonyl (C=O) groups excluding carboxylic acids is 1. The maximum absolute atomic E-state index is 12.4. The first-order valence-electron chi connectivity index (χ1n) is 6.44. The molecule has 3 nitrogen and oxygen atoms in total. The summed E-state index contributed by atoms with van der Waals surface area (Å²) in [6.45, 7) is 0.601. The fourth-order valence-electron chi connectivity index (χ4n) is 1.66. The van der Waals surface area contributed by atoms with Crippen molar-refractivity contribution in [2.45, 2.75) is 31.9 Å². The van der Waals surface area contributed by atoms with Crippen LogP contribution in [0.3, 0.4) is 0 Å². The number of rotatable bonds is 7. The van der Waals surface area contributed by atoms with Crippen LogP contribution in [-0.2, 0) is 11.0 Å². The molecule has 0 aliphatic rings. The molecule has 0 aliphatic carbocycles. The lowest BCUT2D eigenvalue weighted by atomic mass is 10.1. The average molecular weight is 316 g/mol. The molecule has 114 valence electrons. The summed E-state index contributed by atoms with van der Waals surface area (Å²) in [7, 11) is 0. The van der Waals surface area contributed by atoms with Crippen molar-refractivity contribution in [3.63, 3.8) is 0 Å². The summed E-state index contributed by atoms with van der Waals surface area (Å²) in [5.74, 6) is -0.215. The summed E-state index contributed by atoms with van der Waals surface area (Å²) in [5.41, 5.74) is -0.377. The van der Waals surface area contributed by atoms with Gasteiger partial charge in [-0.05, 0) is 49.3 Å². The topological polar surface area (TPSA) is 41.5 Å². The monoisotopic (exact) mass is 316 g/mol. The molecule has 0 unspecified atom stereocenters. The number of thiocarbonyl (C=S) groups is 1. The van der Waals surface area contributed by atoms with Crippen LogP contribution < -0.4 is 5.32 Å². The second-order valence-electron chi connectivity index (χ2n) is 4.41. The van der Waals surface area contributed by atoms with Crippen molar-refractivity contribution in [3.8, 4) is 0 Å². The van der Waals surface area contributed by atoms with E-state index in [1.54, 1.807) is 0 Å². The van der Waals surface area contributed by atoms with Gasteiger partial charge in [0.05, 0.1) is 10.7 Å². The van der Waals surface area contributed by atoms with Crippen LogP contribution in [0, 0.1) is 0 Å². The van der Waals surface area contributed by atoms with E-state index in [4.69, 9.17) is 0 Å². The molecule has 1 aromatic carbocycles. The Balaban J connectivity index is 2.33. The number of carbonyl (C=O) groups is 1. The van der Waals surface area contributed by atoms with E-state index < -0.39 is 11.7 Å². The Morgan fingerprint density at radius 1 is 1.19 bits per heavy atom. The van der Waals surface area contributed by atoms with Gasteiger partial charge in [0.2, 0.25) is 5.91 Å². The summed E-state index contributed by atoms with van der Waals surface area (Å²) in [6.07, 6.45) is -1.69. The van der Waals surface area contributed by atoms with Crippen LogP contribution in [0.15, 0.2) is 29.3 Å². The Morgan fingerprint density at radius 2 is 1.86 bits per heavy atom. The summed E-state index contributed by atoms with van der Waals surface area (Å²) >= 11 is 4.43. The molecule has 1 rings (SSSR count). The van der Waals surface area contributed by atoms with Crippen LogP contribution >= 0.6 is 12.2 Å². The Bertz CT molecular complexity index is 508. The maximum atomic E-state index is 12.4. The zero-order valence-electron chi connectivity index (χ0n) is 11.2. The van der Waals surface area contributed by atoms with Gasteiger partial charge in [0.25, 0.3) is 0 Å². The highest BCUT2D eigenvalue weighted by Gasteiger charge is 2.29. The van der Waals surface area contributed by atoms with Crippen molar-refractivity contribution < 1.29 is 18.0 Å². The fourth-order valence-corrected chi connectivity index (χ4v) is 1.76. The van der Waals surface area contributed by atoms with Crippen molar-refractivity contribution in [2.75, 3.05) is 11.9 Å². The smallest absolute Gasteiger partial charge is 0.326 e. The Morgan fingerprint density at radius 3 is 2.43 bits per heavy atom. The lowest BCUT2D eigenvalue weighted by Gasteiger charge is -2.08. The average Bonchev–Trinajstić information content (AvgIpc) is 2.42. The van der Waals surface area contributed by atoms with Gasteiger partial charge in [-0.3, -0.25) is 4.79 Å². The molecule has 0 saturated carbocycles. The van der Waals surface area contributed by atoms with Gasteiger partial charge in [0.15, 0.2) is 0 Å². The Hall–Kier alpha value is -1.72. The predicted octanol–water partition coefficient (Wildman–Crippen LogP) is 4.31. The molecule has 1 N–H and O–H groups in total. The number of hydrogen-bond acceptors (Lipinski definition) is 3. The second-order valence-corrected chi connectivity index (χ2v) is 4.59. The first-order valence-corrected chi connectivity index (χ1v) is 6.85. The van der Waals surface area contributed by atoms with Crippen LogP contribution in [0.25, 0.3) is 0 Å². The number of benzene rings is 1. The van der Waals surface area contributed by atoms with Crippen molar-refractivity contribution in [1.82, 2.24) is 0 Å². The highest BCUT2D eigenvalue weighted by Crippen LogP contribution is 2.29. The fraction of sp³-hybridized carbons (Fsp3) is 0.429. The van der Waals surface area contributed by atoms with Crippen LogP contribution in [-0.4, -0.2) is 17.6 Å². The molecular formula is C14H15F3N2OS. The van der Waals surface area contributed by atoms with Gasteiger partial charge in [-0.1, -0.05) is 6.42 Å². The molecule has 0 aliphatic heterocycles. The predicted molar refractivity (Wildman–Crippen MR) is 78.4 cm³/mol. The minimum absolute atomic E-state index is 0.215. The molecule has 0 saturated heterocycles. The molecule has 0 atom stereocenters. The minimum Gasteiger partial charge on any atom is -0.326 e. The van der Waals surface area contributed by atoms with Gasteiger partial charge in [0.1, 0.15) is 0 Å². The molecule has 0 fully saturated rings. The van der Waals surface area contributed by atoms with Crippen LogP contribution in [0.2, 0.25) is 0 Å². The molecule has 0 radical (unpaired) electrons. The zero-order chi connectivity index (χ0) is 15.7. The molecule has 0 spiro atoms. The second kappa shape index (κ2) is 8.54. The van der Waals surface area contributed by atoms with Crippen LogP contribution in [0.4, 0.5) is 18.9 Å². The van der Waals surface area contributed by atoms with E-state index in [0.717, 1.165) is 25.0 Å². The summed E-state index contributed by atoms with van der Waals surface area (Å²) in [4.78, 5) is 15.4. The molecule has 0 aromatic heterocycles. The van der Waals surface area contributed by atoms with Gasteiger partial charge >= 0.3 is 6.18 Å². The third-order valence-corrected chi connectivity index (χ3v) is 2.86. The zero-order valence-corrected chi connectivity index (χ0v) is 12.1. The number of anilines is 1. The maximum Gasteiger partial charge on any atom is 0.416 e. The van der Waals surface area contributed by atoms with Gasteiger partial charge < -0.3 is 5.32 Å². The summed E-state index contributed by atoms with van der Waals surface area (Å²) < 4.78 is 37.1. The molecule has 0 heterocycles. The highest BCUT2D eigenvalue weighted by molar-refractivity contribution is 7.78. The normalized spacial score (nSPS) is 10.8. The first-order chi connectivity index (χ1) is 9.93. The molecule has 21 heavy (non-hydrogen) atoms. The van der Waals surface area contributed by atoms with E-state index in [2.05, 4.69) is 27.7 Å².